The van der Waals surface area contributed by atoms with Gasteiger partial charge in [0.25, 0.3) is 6.43 Å². The van der Waals surface area contributed by atoms with E-state index in [9.17, 15) is 13.2 Å². The predicted molar refractivity (Wildman–Crippen MR) is 42.8 cm³/mol. The Labute approximate surface area is 80.5 Å². The lowest BCUT2D eigenvalue weighted by Gasteiger charge is -2.07. The van der Waals surface area contributed by atoms with E-state index in [1.165, 1.54) is 0 Å². The molecule has 0 aliphatic carbocycles. The molecule has 2 nitrogen and oxygen atoms in total. The topological polar surface area (TPSA) is 33.1 Å². The molecule has 6 heteroatoms. The molecule has 0 aliphatic heterocycles. The fourth-order valence-electron chi connectivity index (χ4n) is 0.861. The number of pyridine rings is 1. The van der Waals surface area contributed by atoms with Gasteiger partial charge in [-0.05, 0) is 15.9 Å². The van der Waals surface area contributed by atoms with Gasteiger partial charge in [-0.3, -0.25) is 0 Å². The Morgan fingerprint density at radius 2 is 2.15 bits per heavy atom. The quantitative estimate of drug-likeness (QED) is 0.824. The van der Waals surface area contributed by atoms with Crippen LogP contribution in [0.4, 0.5) is 13.2 Å². The van der Waals surface area contributed by atoms with Crippen LogP contribution in [0.2, 0.25) is 0 Å². The van der Waals surface area contributed by atoms with Gasteiger partial charge in [0.05, 0.1) is 6.61 Å². The molecular weight excluding hydrogens is 251 g/mol. The molecule has 0 aromatic carbocycles. The van der Waals surface area contributed by atoms with Crippen molar-refractivity contribution >= 4 is 15.9 Å². The Kier molecular flexibility index (Phi) is 3.27. The number of aliphatic hydroxyl groups excluding tert-OH is 1. The van der Waals surface area contributed by atoms with Crippen LogP contribution in [0, 0.1) is 5.82 Å². The van der Waals surface area contributed by atoms with Crippen molar-refractivity contribution in [3.05, 3.63) is 27.7 Å². The number of halogens is 4. The molecule has 0 amide bonds. The van der Waals surface area contributed by atoms with Gasteiger partial charge in [0.1, 0.15) is 4.60 Å². The molecule has 0 radical (unpaired) electrons. The third-order valence-corrected chi connectivity index (χ3v) is 2.06. The number of aromatic nitrogens is 1. The maximum absolute atomic E-state index is 13.0. The number of nitrogens with zero attached hydrogens (tertiary/aromatic N) is 1. The Morgan fingerprint density at radius 3 is 2.62 bits per heavy atom. The molecule has 1 N–H and O–H groups in total. The van der Waals surface area contributed by atoms with Crippen molar-refractivity contribution in [2.24, 2.45) is 0 Å². The van der Waals surface area contributed by atoms with Crippen LogP contribution in [-0.4, -0.2) is 10.1 Å². The highest BCUT2D eigenvalue weighted by Crippen LogP contribution is 2.27. The third-order valence-electron chi connectivity index (χ3n) is 1.50. The molecule has 72 valence electrons. The summed E-state index contributed by atoms with van der Waals surface area (Å²) >= 11 is 2.73. The van der Waals surface area contributed by atoms with E-state index in [-0.39, 0.29) is 4.60 Å². The van der Waals surface area contributed by atoms with E-state index < -0.39 is 30.0 Å². The summed E-state index contributed by atoms with van der Waals surface area (Å²) in [6, 6.07) is 0. The van der Waals surface area contributed by atoms with E-state index in [1.54, 1.807) is 0 Å². The molecule has 1 aromatic heterocycles. The zero-order valence-electron chi connectivity index (χ0n) is 6.27. The van der Waals surface area contributed by atoms with Crippen molar-refractivity contribution < 1.29 is 18.3 Å². The summed E-state index contributed by atoms with van der Waals surface area (Å²) in [6.45, 7) is -0.771. The molecule has 1 rings (SSSR count). The lowest BCUT2D eigenvalue weighted by atomic mass is 10.1. The Bertz CT molecular complexity index is 319. The van der Waals surface area contributed by atoms with Gasteiger partial charge >= 0.3 is 0 Å². The first-order valence-corrected chi connectivity index (χ1v) is 4.09. The van der Waals surface area contributed by atoms with Crippen LogP contribution in [-0.2, 0) is 6.61 Å². The maximum Gasteiger partial charge on any atom is 0.265 e. The highest BCUT2D eigenvalue weighted by Gasteiger charge is 2.18. The molecule has 0 unspecified atom stereocenters. The number of aliphatic hydroxyl groups is 1. The van der Waals surface area contributed by atoms with E-state index in [2.05, 4.69) is 20.9 Å². The van der Waals surface area contributed by atoms with Crippen molar-refractivity contribution in [2.75, 3.05) is 0 Å². The van der Waals surface area contributed by atoms with E-state index in [0.717, 1.165) is 6.20 Å². The van der Waals surface area contributed by atoms with E-state index >= 15 is 0 Å². The van der Waals surface area contributed by atoms with Crippen LogP contribution in [0.15, 0.2) is 10.8 Å². The second kappa shape index (κ2) is 4.06. The number of hydrogen-bond acceptors (Lipinski definition) is 2. The largest absolute Gasteiger partial charge is 0.392 e. The molecule has 0 saturated carbocycles. The Morgan fingerprint density at radius 1 is 1.54 bits per heavy atom. The highest BCUT2D eigenvalue weighted by atomic mass is 79.9. The van der Waals surface area contributed by atoms with Gasteiger partial charge in [-0.15, -0.1) is 0 Å². The van der Waals surface area contributed by atoms with Gasteiger partial charge in [-0.2, -0.15) is 0 Å². The smallest absolute Gasteiger partial charge is 0.265 e. The fourth-order valence-corrected chi connectivity index (χ4v) is 1.20. The minimum absolute atomic E-state index is 0.180. The predicted octanol–water partition coefficient (Wildman–Crippen LogP) is 2.41. The zero-order valence-corrected chi connectivity index (χ0v) is 7.85. The van der Waals surface area contributed by atoms with Crippen molar-refractivity contribution in [1.29, 1.82) is 0 Å². The molecule has 0 aliphatic rings. The van der Waals surface area contributed by atoms with Crippen molar-refractivity contribution in [3.8, 4) is 0 Å². The molecule has 13 heavy (non-hydrogen) atoms. The minimum Gasteiger partial charge on any atom is -0.392 e. The third kappa shape index (κ3) is 2.00. The van der Waals surface area contributed by atoms with Crippen LogP contribution in [0.3, 0.4) is 0 Å². The SMILES string of the molecule is OCc1c(C(F)F)cnc(Br)c1F. The van der Waals surface area contributed by atoms with Crippen LogP contribution in [0.1, 0.15) is 17.6 Å². The van der Waals surface area contributed by atoms with Gasteiger partial charge in [-0.25, -0.2) is 18.2 Å². The number of rotatable bonds is 2. The molecule has 0 spiro atoms. The minimum atomic E-state index is -2.84. The molecule has 1 aromatic rings. The van der Waals surface area contributed by atoms with Crippen LogP contribution in [0.25, 0.3) is 0 Å². The maximum atomic E-state index is 13.0. The Hall–Kier alpha value is -0.620. The van der Waals surface area contributed by atoms with Gasteiger partial charge in [0.2, 0.25) is 0 Å². The lowest BCUT2D eigenvalue weighted by molar-refractivity contribution is 0.145. The number of alkyl halides is 2. The summed E-state index contributed by atoms with van der Waals surface area (Å²) in [7, 11) is 0. The van der Waals surface area contributed by atoms with Crippen LogP contribution >= 0.6 is 15.9 Å². The molecule has 0 atom stereocenters. The lowest BCUT2D eigenvalue weighted by Crippen LogP contribution is -2.01. The first-order chi connectivity index (χ1) is 6.07. The summed E-state index contributed by atoms with van der Waals surface area (Å²) in [5.74, 6) is -0.944. The van der Waals surface area contributed by atoms with Crippen molar-refractivity contribution in [2.45, 2.75) is 13.0 Å². The first-order valence-electron chi connectivity index (χ1n) is 3.29. The van der Waals surface area contributed by atoms with Gasteiger partial charge in [0.15, 0.2) is 5.82 Å². The van der Waals surface area contributed by atoms with Crippen LogP contribution < -0.4 is 0 Å². The summed E-state index contributed by atoms with van der Waals surface area (Å²) in [5.41, 5.74) is -1.000. The normalized spacial score (nSPS) is 10.9. The van der Waals surface area contributed by atoms with E-state index in [4.69, 9.17) is 5.11 Å². The zero-order chi connectivity index (χ0) is 10.0. The van der Waals surface area contributed by atoms with Gasteiger partial charge in [-0.1, -0.05) is 0 Å². The van der Waals surface area contributed by atoms with E-state index in [1.807, 2.05) is 0 Å². The molecule has 0 fully saturated rings. The number of hydrogen-bond donors (Lipinski definition) is 1. The van der Waals surface area contributed by atoms with Crippen LogP contribution in [0.5, 0.6) is 0 Å². The standard InChI is InChI=1S/C7H5BrF3NO/c8-6-5(9)4(2-13)3(1-12-6)7(10)11/h1,7,13H,2H2. The second-order valence-electron chi connectivity index (χ2n) is 2.26. The summed E-state index contributed by atoms with van der Waals surface area (Å²) in [4.78, 5) is 3.36. The summed E-state index contributed by atoms with van der Waals surface area (Å²) in [5, 5.41) is 8.65. The molecule has 0 saturated heterocycles. The van der Waals surface area contributed by atoms with Crippen molar-refractivity contribution in [1.82, 2.24) is 4.98 Å². The monoisotopic (exact) mass is 255 g/mol. The molecule has 0 bridgehead atoms. The van der Waals surface area contributed by atoms with Crippen molar-refractivity contribution in [3.63, 3.8) is 0 Å². The fraction of sp³-hybridized carbons (Fsp3) is 0.286. The van der Waals surface area contributed by atoms with E-state index in [0.29, 0.717) is 0 Å². The Balaban J connectivity index is 3.30. The first kappa shape index (κ1) is 10.5. The highest BCUT2D eigenvalue weighted by molar-refractivity contribution is 9.10. The average Bonchev–Trinajstić information content (AvgIpc) is 2.09. The van der Waals surface area contributed by atoms with Gasteiger partial charge in [0, 0.05) is 17.3 Å². The second-order valence-corrected chi connectivity index (χ2v) is 3.01. The van der Waals surface area contributed by atoms with Gasteiger partial charge < -0.3 is 5.11 Å². The average molecular weight is 256 g/mol. The molecular formula is C7H5BrF3NO. The summed E-state index contributed by atoms with van der Waals surface area (Å²) in [6.07, 6.45) is -2.00. The summed E-state index contributed by atoms with van der Waals surface area (Å²) < 4.78 is 37.2. The molecule has 1 heterocycles.